The van der Waals surface area contributed by atoms with Crippen LogP contribution in [-0.4, -0.2) is 124 Å². The van der Waals surface area contributed by atoms with Crippen LogP contribution in [0.2, 0.25) is 0 Å². The standard InChI is InChI=1S/C35H53N6O13.Fe/c1-23(11-17-42)20-30(45)39(51)14-5-8-27-33(48)38-28(34(49)37-27)9-6-15-40(52)32(47)22-25(3)13-19-54-35(50)29(36-26(4)44)10-7-16-41(53)31(46)21-24(2)12-18-43;/h20-22,27-29,42-43H,5-19H2,1-4H3,(H,36,44)(H,37,49)(H,38,48);/q-3;+3/b23-20+,24-21+,25-22+;/t27-,28-,29-;/m0./s1. The smallest absolute Gasteiger partial charge is 0.756 e. The van der Waals surface area contributed by atoms with E-state index in [2.05, 4.69) is 16.0 Å². The van der Waals surface area contributed by atoms with E-state index in [0.717, 1.165) is 18.2 Å². The monoisotopic (exact) mass is 821 g/mol. The summed E-state index contributed by atoms with van der Waals surface area (Å²) in [5.41, 5.74) is 1.50. The van der Waals surface area contributed by atoms with Crippen LogP contribution in [0.1, 0.15) is 85.5 Å². The Kier molecular flexibility index (Phi) is 25.3. The maximum absolute atomic E-state index is 12.6. The van der Waals surface area contributed by atoms with Crippen molar-refractivity contribution < 1.29 is 65.6 Å². The van der Waals surface area contributed by atoms with Crippen molar-refractivity contribution in [3.8, 4) is 0 Å². The maximum atomic E-state index is 12.6. The Bertz CT molecular complexity index is 1410. The van der Waals surface area contributed by atoms with E-state index < -0.39 is 59.5 Å². The minimum Gasteiger partial charge on any atom is -0.756 e. The van der Waals surface area contributed by atoms with Gasteiger partial charge in [-0.25, -0.2) is 4.79 Å². The molecule has 20 heteroatoms. The Morgan fingerprint density at radius 2 is 1.09 bits per heavy atom. The SMILES string of the molecule is CC(=O)N[C@@H](CCCN([O-])C(=O)/C=C(\C)CCO)C(=O)OCC/C(C)=C/C(=O)N([O-])CCC[C@@H]1NC(=O)[C@H](CCCN([O-])C(=O)/C=C(\C)CCO)NC1=O.[Fe+3]. The number of aliphatic hydroxyl groups excluding tert-OH is 2. The van der Waals surface area contributed by atoms with Gasteiger partial charge < -0.3 is 61.7 Å². The van der Waals surface area contributed by atoms with E-state index in [1.54, 1.807) is 20.8 Å². The van der Waals surface area contributed by atoms with Crippen molar-refractivity contribution in [2.24, 2.45) is 0 Å². The van der Waals surface area contributed by atoms with E-state index in [0.29, 0.717) is 16.7 Å². The number of nitrogens with zero attached hydrogens (tertiary/aromatic N) is 3. The molecule has 0 aromatic rings. The molecular weight excluding hydrogens is 768 g/mol. The Balaban J connectivity index is 0.0000292. The summed E-state index contributed by atoms with van der Waals surface area (Å²) in [5, 5.41) is 62.4. The molecule has 6 amide bonds. The maximum Gasteiger partial charge on any atom is 3.00 e. The van der Waals surface area contributed by atoms with Gasteiger partial charge in [0.15, 0.2) is 0 Å². The molecule has 1 rings (SSSR count). The Hall–Kier alpha value is -4.17. The van der Waals surface area contributed by atoms with Gasteiger partial charge in [-0.3, -0.25) is 28.8 Å². The number of nitrogens with one attached hydrogen (secondary N) is 3. The van der Waals surface area contributed by atoms with Crippen LogP contribution in [0.15, 0.2) is 34.9 Å². The molecule has 0 bridgehead atoms. The van der Waals surface area contributed by atoms with Crippen LogP contribution in [-0.2, 0) is 55.4 Å². The fourth-order valence-electron chi connectivity index (χ4n) is 5.05. The van der Waals surface area contributed by atoms with Gasteiger partial charge in [0.25, 0.3) is 0 Å². The summed E-state index contributed by atoms with van der Waals surface area (Å²) < 4.78 is 5.22. The van der Waals surface area contributed by atoms with Crippen LogP contribution in [0.4, 0.5) is 0 Å². The van der Waals surface area contributed by atoms with Gasteiger partial charge in [-0.1, -0.05) is 16.7 Å². The average Bonchev–Trinajstić information content (AvgIpc) is 3.09. The second-order valence-electron chi connectivity index (χ2n) is 13.0. The number of carbonyl (C=O) groups excluding carboxylic acids is 7. The number of piperazine rings is 1. The second-order valence-corrected chi connectivity index (χ2v) is 13.0. The van der Waals surface area contributed by atoms with Crippen molar-refractivity contribution in [1.82, 2.24) is 31.1 Å². The van der Waals surface area contributed by atoms with E-state index in [-0.39, 0.29) is 130 Å². The van der Waals surface area contributed by atoms with Gasteiger partial charge in [-0.2, -0.15) is 0 Å². The summed E-state index contributed by atoms with van der Waals surface area (Å²) in [6.07, 6.45) is 4.40. The molecule has 0 unspecified atom stereocenters. The fraction of sp³-hybridized carbons (Fsp3) is 0.629. The van der Waals surface area contributed by atoms with Gasteiger partial charge in [-0.05, 0) is 72.1 Å². The van der Waals surface area contributed by atoms with Crippen LogP contribution < -0.4 is 16.0 Å². The summed E-state index contributed by atoms with van der Waals surface area (Å²) >= 11 is 0. The molecule has 19 nitrogen and oxygen atoms in total. The zero-order valence-electron chi connectivity index (χ0n) is 31.7. The van der Waals surface area contributed by atoms with Crippen molar-refractivity contribution in [3.05, 3.63) is 50.6 Å². The topological polar surface area (TPSA) is 284 Å². The molecule has 1 fully saturated rings. The summed E-state index contributed by atoms with van der Waals surface area (Å²) in [6, 6.07) is -2.94. The third kappa shape index (κ3) is 20.9. The van der Waals surface area contributed by atoms with Crippen LogP contribution in [0.25, 0.3) is 0 Å². The summed E-state index contributed by atoms with van der Waals surface area (Å²) in [4.78, 5) is 85.6. The number of ether oxygens (including phenoxy) is 1. The number of hydrogen-bond acceptors (Lipinski definition) is 13. The predicted molar refractivity (Wildman–Crippen MR) is 195 cm³/mol. The number of aliphatic hydroxyl groups is 2. The second kappa shape index (κ2) is 27.4. The Morgan fingerprint density at radius 1 is 0.709 bits per heavy atom. The number of hydroxylamine groups is 6. The van der Waals surface area contributed by atoms with Crippen LogP contribution in [0.3, 0.4) is 0 Å². The van der Waals surface area contributed by atoms with Gasteiger partial charge in [0, 0.05) is 64.4 Å². The summed E-state index contributed by atoms with van der Waals surface area (Å²) in [6.45, 7) is 4.73. The average molecular weight is 822 g/mol. The fourth-order valence-corrected chi connectivity index (χ4v) is 5.05. The van der Waals surface area contributed by atoms with E-state index in [1.165, 1.54) is 6.92 Å². The largest absolute Gasteiger partial charge is 3.00 e. The molecule has 0 spiro atoms. The van der Waals surface area contributed by atoms with Gasteiger partial charge in [0.05, 0.1) is 6.61 Å². The van der Waals surface area contributed by atoms with E-state index in [4.69, 9.17) is 14.9 Å². The van der Waals surface area contributed by atoms with Crippen molar-refractivity contribution in [2.45, 2.75) is 104 Å². The first kappa shape index (κ1) is 50.8. The number of amides is 6. The van der Waals surface area contributed by atoms with Gasteiger partial charge in [-0.15, -0.1) is 0 Å². The molecule has 1 heterocycles. The third-order valence-corrected chi connectivity index (χ3v) is 8.09. The minimum atomic E-state index is -1.09. The molecule has 1 aliphatic rings. The van der Waals surface area contributed by atoms with Crippen LogP contribution in [0.5, 0.6) is 0 Å². The molecule has 0 aromatic heterocycles. The Morgan fingerprint density at radius 3 is 1.47 bits per heavy atom. The number of rotatable bonds is 24. The van der Waals surface area contributed by atoms with Gasteiger partial charge in [0.1, 0.15) is 18.1 Å². The van der Waals surface area contributed by atoms with Crippen molar-refractivity contribution in [3.63, 3.8) is 0 Å². The van der Waals surface area contributed by atoms with E-state index in [9.17, 15) is 49.2 Å². The zero-order valence-corrected chi connectivity index (χ0v) is 32.8. The van der Waals surface area contributed by atoms with Crippen molar-refractivity contribution >= 4 is 41.4 Å². The molecule has 1 aliphatic heterocycles. The molecule has 5 N–H and O–H groups in total. The molecular formula is C35H53FeN6O13. The summed E-state index contributed by atoms with van der Waals surface area (Å²) in [5.74, 6) is -4.75. The first-order valence-corrected chi connectivity index (χ1v) is 17.7. The third-order valence-electron chi connectivity index (χ3n) is 8.09. The first-order chi connectivity index (χ1) is 25.5. The van der Waals surface area contributed by atoms with Crippen molar-refractivity contribution in [2.75, 3.05) is 39.5 Å². The molecule has 1 radical (unpaired) electrons. The van der Waals surface area contributed by atoms with E-state index in [1.807, 2.05) is 0 Å². The van der Waals surface area contributed by atoms with Crippen LogP contribution >= 0.6 is 0 Å². The Labute approximate surface area is 331 Å². The minimum absolute atomic E-state index is 0. The summed E-state index contributed by atoms with van der Waals surface area (Å²) in [7, 11) is 0. The van der Waals surface area contributed by atoms with Gasteiger partial charge >= 0.3 is 23.0 Å². The molecule has 3 atom stereocenters. The number of hydrogen-bond donors (Lipinski definition) is 5. The molecule has 55 heavy (non-hydrogen) atoms. The molecule has 0 aliphatic carbocycles. The number of esters is 1. The van der Waals surface area contributed by atoms with Gasteiger partial charge in [0.2, 0.25) is 35.4 Å². The molecule has 309 valence electrons. The predicted octanol–water partition coefficient (Wildman–Crippen LogP) is 0.329. The molecule has 0 aromatic carbocycles. The first-order valence-electron chi connectivity index (χ1n) is 17.7. The molecule has 1 saturated heterocycles. The van der Waals surface area contributed by atoms with E-state index >= 15 is 0 Å². The molecule has 0 saturated carbocycles. The number of carbonyl (C=O) groups is 7. The van der Waals surface area contributed by atoms with Crippen LogP contribution in [0, 0.1) is 15.6 Å². The zero-order chi connectivity index (χ0) is 40.8. The van der Waals surface area contributed by atoms with Crippen molar-refractivity contribution in [1.29, 1.82) is 0 Å². The normalized spacial score (nSPS) is 16.6. The quantitative estimate of drug-likeness (QED) is 0.0380.